The van der Waals surface area contributed by atoms with E-state index in [4.69, 9.17) is 10.4 Å². The summed E-state index contributed by atoms with van der Waals surface area (Å²) in [5.41, 5.74) is 0.668. The minimum atomic E-state index is -1.13. The quantitative estimate of drug-likeness (QED) is 0.715. The van der Waals surface area contributed by atoms with Gasteiger partial charge in [0.15, 0.2) is 5.69 Å². The molecule has 13 heavy (non-hydrogen) atoms. The summed E-state index contributed by atoms with van der Waals surface area (Å²) >= 11 is 0.818. The predicted octanol–water partition coefficient (Wildman–Crippen LogP) is 1.16. The lowest BCUT2D eigenvalue weighted by atomic mass is 10.2. The van der Waals surface area contributed by atoms with Gasteiger partial charge in [-0.1, -0.05) is 0 Å². The number of nitriles is 1. The van der Waals surface area contributed by atoms with Crippen LogP contribution >= 0.6 is 11.7 Å². The molecule has 0 aliphatic carbocycles. The monoisotopic (exact) mass is 195 g/mol. The second-order valence-electron chi connectivity index (χ2n) is 2.22. The van der Waals surface area contributed by atoms with Crippen LogP contribution in [-0.4, -0.2) is 19.8 Å². The zero-order chi connectivity index (χ0) is 9.84. The molecule has 0 radical (unpaired) electrons. The van der Waals surface area contributed by atoms with Crippen molar-refractivity contribution in [2.75, 3.05) is 0 Å². The topological polar surface area (TPSA) is 86.9 Å². The smallest absolute Gasteiger partial charge is 0.357 e. The van der Waals surface area contributed by atoms with Crippen molar-refractivity contribution in [1.82, 2.24) is 8.75 Å². The molecule has 1 aromatic heterocycles. The van der Waals surface area contributed by atoms with Crippen LogP contribution in [-0.2, 0) is 0 Å². The van der Waals surface area contributed by atoms with Gasteiger partial charge in [-0.25, -0.2) is 4.79 Å². The van der Waals surface area contributed by atoms with Crippen molar-refractivity contribution in [3.63, 3.8) is 0 Å². The Balaban J connectivity index is 3.16. The van der Waals surface area contributed by atoms with Crippen molar-refractivity contribution in [3.8, 4) is 6.07 Å². The van der Waals surface area contributed by atoms with Gasteiger partial charge in [-0.15, -0.1) is 0 Å². The fraction of sp³-hybridized carbons (Fsp3) is 0.143. The molecular weight excluding hydrogens is 190 g/mol. The molecule has 0 aromatic carbocycles. The van der Waals surface area contributed by atoms with Crippen molar-refractivity contribution < 1.29 is 9.90 Å². The Morgan fingerprint density at radius 3 is 2.77 bits per heavy atom. The summed E-state index contributed by atoms with van der Waals surface area (Å²) in [6.07, 6.45) is 1.24. The lowest BCUT2D eigenvalue weighted by Crippen LogP contribution is -2.00. The first-order valence-corrected chi connectivity index (χ1v) is 4.02. The third-order valence-corrected chi connectivity index (χ3v) is 1.87. The highest BCUT2D eigenvalue weighted by Gasteiger charge is 2.15. The van der Waals surface area contributed by atoms with E-state index in [2.05, 4.69) is 8.75 Å². The Kier molecular flexibility index (Phi) is 2.72. The number of allylic oxidation sites excluding steroid dienone is 2. The summed E-state index contributed by atoms with van der Waals surface area (Å²) in [6, 6.07) is 1.80. The number of hydrogen-bond acceptors (Lipinski definition) is 5. The molecule has 1 aromatic rings. The average molecular weight is 195 g/mol. The van der Waals surface area contributed by atoms with Crippen LogP contribution in [0.3, 0.4) is 0 Å². The second kappa shape index (κ2) is 3.78. The molecular formula is C7H5N3O2S. The van der Waals surface area contributed by atoms with E-state index in [-0.39, 0.29) is 11.4 Å². The first kappa shape index (κ1) is 9.35. The van der Waals surface area contributed by atoms with Gasteiger partial charge < -0.3 is 5.11 Å². The molecule has 0 atom stereocenters. The molecule has 0 amide bonds. The van der Waals surface area contributed by atoms with E-state index >= 15 is 0 Å². The maximum absolute atomic E-state index is 10.6. The third kappa shape index (κ3) is 1.89. The molecule has 6 heteroatoms. The number of aromatic nitrogens is 2. The largest absolute Gasteiger partial charge is 0.476 e. The fourth-order valence-corrected chi connectivity index (χ4v) is 1.35. The molecule has 1 N–H and O–H groups in total. The van der Waals surface area contributed by atoms with Gasteiger partial charge in [0.2, 0.25) is 0 Å². The SMILES string of the molecule is C/C(=C/C#N)c1nsnc1C(=O)O. The molecule has 0 aliphatic heterocycles. The van der Waals surface area contributed by atoms with E-state index in [0.717, 1.165) is 11.7 Å². The summed E-state index contributed by atoms with van der Waals surface area (Å²) in [5.74, 6) is -1.13. The Morgan fingerprint density at radius 2 is 2.23 bits per heavy atom. The van der Waals surface area contributed by atoms with Crippen LogP contribution in [0.5, 0.6) is 0 Å². The van der Waals surface area contributed by atoms with Crippen LogP contribution in [0.1, 0.15) is 23.1 Å². The maximum atomic E-state index is 10.6. The maximum Gasteiger partial charge on any atom is 0.357 e. The van der Waals surface area contributed by atoms with Crippen LogP contribution in [0.15, 0.2) is 6.08 Å². The number of hydrogen-bond donors (Lipinski definition) is 1. The van der Waals surface area contributed by atoms with Gasteiger partial charge in [-0.2, -0.15) is 14.0 Å². The molecule has 0 fully saturated rings. The third-order valence-electron chi connectivity index (χ3n) is 1.35. The van der Waals surface area contributed by atoms with Crippen LogP contribution in [0.4, 0.5) is 0 Å². The van der Waals surface area contributed by atoms with Crippen molar-refractivity contribution in [2.24, 2.45) is 0 Å². The number of carbonyl (C=O) groups is 1. The van der Waals surface area contributed by atoms with Gasteiger partial charge in [0, 0.05) is 6.08 Å². The zero-order valence-electron chi connectivity index (χ0n) is 6.68. The highest BCUT2D eigenvalue weighted by atomic mass is 32.1. The van der Waals surface area contributed by atoms with E-state index in [1.54, 1.807) is 13.0 Å². The molecule has 66 valence electrons. The Hall–Kier alpha value is -1.74. The summed E-state index contributed by atoms with van der Waals surface area (Å²) in [4.78, 5) is 10.6. The number of carboxylic acids is 1. The van der Waals surface area contributed by atoms with E-state index in [0.29, 0.717) is 5.57 Å². The Labute approximate surface area is 78.3 Å². The molecule has 0 spiro atoms. The van der Waals surface area contributed by atoms with Gasteiger partial charge >= 0.3 is 5.97 Å². The second-order valence-corrected chi connectivity index (χ2v) is 2.75. The highest BCUT2D eigenvalue weighted by molar-refractivity contribution is 6.99. The molecule has 0 unspecified atom stereocenters. The summed E-state index contributed by atoms with van der Waals surface area (Å²) in [5, 5.41) is 17.0. The van der Waals surface area contributed by atoms with Crippen LogP contribution in [0, 0.1) is 11.3 Å². The van der Waals surface area contributed by atoms with Gasteiger partial charge in [0.05, 0.1) is 17.8 Å². The van der Waals surface area contributed by atoms with Gasteiger partial charge in [-0.3, -0.25) is 0 Å². The van der Waals surface area contributed by atoms with Crippen molar-refractivity contribution >= 4 is 23.3 Å². The highest BCUT2D eigenvalue weighted by Crippen LogP contribution is 2.16. The van der Waals surface area contributed by atoms with E-state index in [9.17, 15) is 4.79 Å². The number of carboxylic acid groups (broad SMARTS) is 1. The predicted molar refractivity (Wildman–Crippen MR) is 46.1 cm³/mol. The lowest BCUT2D eigenvalue weighted by molar-refractivity contribution is 0.0691. The first-order chi connectivity index (χ1) is 6.16. The molecule has 1 rings (SSSR count). The van der Waals surface area contributed by atoms with E-state index in [1.165, 1.54) is 6.08 Å². The molecule has 0 bridgehead atoms. The van der Waals surface area contributed by atoms with E-state index in [1.807, 2.05) is 0 Å². The lowest BCUT2D eigenvalue weighted by Gasteiger charge is -1.93. The molecule has 5 nitrogen and oxygen atoms in total. The van der Waals surface area contributed by atoms with Crippen LogP contribution in [0.2, 0.25) is 0 Å². The minimum absolute atomic E-state index is 0.103. The van der Waals surface area contributed by atoms with Crippen LogP contribution < -0.4 is 0 Å². The molecule has 0 aliphatic rings. The van der Waals surface area contributed by atoms with Gasteiger partial charge in [-0.05, 0) is 12.5 Å². The van der Waals surface area contributed by atoms with Gasteiger partial charge in [0.1, 0.15) is 5.69 Å². The summed E-state index contributed by atoms with van der Waals surface area (Å²) < 4.78 is 7.39. The Bertz CT molecular complexity index is 402. The summed E-state index contributed by atoms with van der Waals surface area (Å²) in [7, 11) is 0. The number of nitrogens with zero attached hydrogens (tertiary/aromatic N) is 3. The van der Waals surface area contributed by atoms with Crippen LogP contribution in [0.25, 0.3) is 5.57 Å². The molecule has 0 saturated carbocycles. The van der Waals surface area contributed by atoms with Crippen molar-refractivity contribution in [1.29, 1.82) is 5.26 Å². The first-order valence-electron chi connectivity index (χ1n) is 3.29. The summed E-state index contributed by atoms with van der Waals surface area (Å²) in [6.45, 7) is 1.62. The average Bonchev–Trinajstić information content (AvgIpc) is 2.52. The fourth-order valence-electron chi connectivity index (χ4n) is 0.753. The normalized spacial score (nSPS) is 10.9. The van der Waals surface area contributed by atoms with Crippen molar-refractivity contribution in [3.05, 3.63) is 17.5 Å². The van der Waals surface area contributed by atoms with Crippen molar-refractivity contribution in [2.45, 2.75) is 6.92 Å². The van der Waals surface area contributed by atoms with E-state index < -0.39 is 5.97 Å². The molecule has 0 saturated heterocycles. The number of rotatable bonds is 2. The van der Waals surface area contributed by atoms with Gasteiger partial charge in [0.25, 0.3) is 0 Å². The Morgan fingerprint density at radius 1 is 1.62 bits per heavy atom. The number of aromatic carboxylic acids is 1. The molecule has 1 heterocycles. The standard InChI is InChI=1S/C7H5N3O2S/c1-4(2-3-8)5-6(7(11)12)10-13-9-5/h2H,1H3,(H,11,12)/b4-2-. The minimum Gasteiger partial charge on any atom is -0.476 e. The zero-order valence-corrected chi connectivity index (χ0v) is 7.50.